The highest BCUT2D eigenvalue weighted by Crippen LogP contribution is 2.50. The van der Waals surface area contributed by atoms with E-state index in [9.17, 15) is 4.79 Å². The summed E-state index contributed by atoms with van der Waals surface area (Å²) in [5.74, 6) is 0.742. The summed E-state index contributed by atoms with van der Waals surface area (Å²) in [5, 5.41) is 1.39. The van der Waals surface area contributed by atoms with E-state index in [1.54, 1.807) is 7.11 Å². The van der Waals surface area contributed by atoms with Gasteiger partial charge in [0.25, 0.3) is 5.91 Å². The van der Waals surface area contributed by atoms with Crippen LogP contribution in [-0.4, -0.2) is 13.0 Å². The fraction of sp³-hybridized carbons (Fsp3) is 0.100. The van der Waals surface area contributed by atoms with Gasteiger partial charge in [-0.05, 0) is 94.4 Å². The van der Waals surface area contributed by atoms with Crippen molar-refractivity contribution >= 4 is 40.4 Å². The third-order valence-corrected chi connectivity index (χ3v) is 7.30. The molecule has 0 radical (unpaired) electrons. The fourth-order valence-electron chi connectivity index (χ4n) is 5.28. The van der Waals surface area contributed by atoms with Crippen LogP contribution < -0.4 is 9.64 Å². The van der Waals surface area contributed by atoms with Gasteiger partial charge >= 0.3 is 0 Å². The molecule has 0 N–H and O–H groups in total. The number of hydrogen-bond acceptors (Lipinski definition) is 2. The van der Waals surface area contributed by atoms with Crippen molar-refractivity contribution in [3.8, 4) is 5.75 Å². The van der Waals surface area contributed by atoms with E-state index >= 15 is 0 Å². The van der Waals surface area contributed by atoms with Crippen LogP contribution in [0, 0.1) is 0 Å². The summed E-state index contributed by atoms with van der Waals surface area (Å²) in [5.41, 5.74) is 8.21. The van der Waals surface area contributed by atoms with Crippen LogP contribution in [-0.2, 0) is 6.42 Å². The number of carbonyl (C=O) groups is 1. The number of anilines is 1. The Hall–Kier alpha value is -3.53. The summed E-state index contributed by atoms with van der Waals surface area (Å²) in [6, 6.07) is 29.2. The summed E-state index contributed by atoms with van der Waals surface area (Å²) in [6.07, 6.45) is 0.701. The maximum absolute atomic E-state index is 13.8. The molecule has 1 heterocycles. The van der Waals surface area contributed by atoms with Crippen LogP contribution in [0.25, 0.3) is 5.57 Å². The molecule has 1 unspecified atom stereocenters. The molecule has 4 aromatic carbocycles. The Labute approximate surface area is 214 Å². The van der Waals surface area contributed by atoms with Gasteiger partial charge in [0.15, 0.2) is 0 Å². The van der Waals surface area contributed by atoms with E-state index in [0.29, 0.717) is 16.5 Å². The van der Waals surface area contributed by atoms with E-state index in [0.717, 1.165) is 44.8 Å². The summed E-state index contributed by atoms with van der Waals surface area (Å²) < 4.78 is 5.35. The second-order valence-electron chi connectivity index (χ2n) is 8.75. The van der Waals surface area contributed by atoms with Crippen molar-refractivity contribution in [1.82, 2.24) is 0 Å². The Morgan fingerprint density at radius 1 is 0.829 bits per heavy atom. The van der Waals surface area contributed by atoms with Crippen molar-refractivity contribution in [1.29, 1.82) is 0 Å². The Morgan fingerprint density at radius 3 is 2.29 bits per heavy atom. The van der Waals surface area contributed by atoms with Gasteiger partial charge in [-0.1, -0.05) is 59.6 Å². The molecule has 1 aliphatic heterocycles. The molecule has 5 heteroatoms. The number of carbonyl (C=O) groups excluding carboxylic acids is 1. The van der Waals surface area contributed by atoms with E-state index in [1.807, 2.05) is 83.8 Å². The number of amides is 1. The highest BCUT2D eigenvalue weighted by atomic mass is 35.5. The second-order valence-corrected chi connectivity index (χ2v) is 9.62. The minimum atomic E-state index is -0.246. The summed E-state index contributed by atoms with van der Waals surface area (Å²) >= 11 is 12.6. The van der Waals surface area contributed by atoms with E-state index in [-0.39, 0.29) is 11.9 Å². The highest BCUT2D eigenvalue weighted by molar-refractivity contribution is 6.31. The molecule has 172 valence electrons. The molecule has 3 nitrogen and oxygen atoms in total. The molecule has 1 atom stereocenters. The number of nitrogens with zero attached hydrogens (tertiary/aromatic N) is 1. The molecular weight excluding hydrogens is 477 g/mol. The minimum Gasteiger partial charge on any atom is -0.497 e. The van der Waals surface area contributed by atoms with E-state index in [4.69, 9.17) is 27.9 Å². The molecule has 1 amide bonds. The Balaban J connectivity index is 1.59. The number of hydrogen-bond donors (Lipinski definition) is 0. The normalized spacial score (nSPS) is 16.5. The second kappa shape index (κ2) is 8.60. The first kappa shape index (κ1) is 22.0. The highest BCUT2D eigenvalue weighted by Gasteiger charge is 2.42. The topological polar surface area (TPSA) is 29.5 Å². The van der Waals surface area contributed by atoms with Gasteiger partial charge in [-0.25, -0.2) is 0 Å². The van der Waals surface area contributed by atoms with Crippen molar-refractivity contribution in [3.63, 3.8) is 0 Å². The lowest BCUT2D eigenvalue weighted by molar-refractivity contribution is 0.0993. The molecule has 0 bridgehead atoms. The zero-order valence-electron chi connectivity index (χ0n) is 19.0. The first-order chi connectivity index (χ1) is 17.0. The lowest BCUT2D eigenvalue weighted by Gasteiger charge is -2.28. The number of halogens is 2. The van der Waals surface area contributed by atoms with Crippen molar-refractivity contribution in [2.45, 2.75) is 12.5 Å². The lowest BCUT2D eigenvalue weighted by Crippen LogP contribution is -2.29. The average Bonchev–Trinajstić information content (AvgIpc) is 3.39. The van der Waals surface area contributed by atoms with Crippen LogP contribution in [0.1, 0.15) is 38.7 Å². The molecule has 0 saturated carbocycles. The molecule has 0 aromatic heterocycles. The molecule has 2 aliphatic rings. The molecule has 4 aromatic rings. The predicted octanol–water partition coefficient (Wildman–Crippen LogP) is 7.76. The van der Waals surface area contributed by atoms with Crippen molar-refractivity contribution in [2.75, 3.05) is 12.0 Å². The van der Waals surface area contributed by atoms with Gasteiger partial charge in [0.2, 0.25) is 0 Å². The molecular formula is C30H21Cl2NO2. The third-order valence-electron chi connectivity index (χ3n) is 6.81. The SMILES string of the molecule is COc1ccc(N2C(=O)c3ccccc3C2C2=C(c3ccc(Cl)cc3)c3ccc(Cl)cc3C2)cc1. The van der Waals surface area contributed by atoms with Gasteiger partial charge in [0, 0.05) is 21.3 Å². The zero-order chi connectivity index (χ0) is 24.1. The van der Waals surface area contributed by atoms with Crippen LogP contribution in [0.4, 0.5) is 5.69 Å². The van der Waals surface area contributed by atoms with E-state index in [1.165, 1.54) is 5.57 Å². The smallest absolute Gasteiger partial charge is 0.259 e. The number of rotatable bonds is 4. The molecule has 1 aliphatic carbocycles. The van der Waals surface area contributed by atoms with Gasteiger partial charge in [-0.3, -0.25) is 9.69 Å². The maximum atomic E-state index is 13.8. The zero-order valence-corrected chi connectivity index (χ0v) is 20.5. The van der Waals surface area contributed by atoms with Gasteiger partial charge in [0.1, 0.15) is 5.75 Å². The quantitative estimate of drug-likeness (QED) is 0.288. The molecule has 0 fully saturated rings. The number of ether oxygens (including phenoxy) is 1. The van der Waals surface area contributed by atoms with Gasteiger partial charge in [0.05, 0.1) is 13.2 Å². The Kier molecular flexibility index (Phi) is 5.40. The molecule has 0 spiro atoms. The molecule has 35 heavy (non-hydrogen) atoms. The number of benzene rings is 4. The first-order valence-electron chi connectivity index (χ1n) is 11.4. The summed E-state index contributed by atoms with van der Waals surface area (Å²) in [7, 11) is 1.64. The number of methoxy groups -OCH3 is 1. The minimum absolute atomic E-state index is 0.00675. The van der Waals surface area contributed by atoms with Crippen molar-refractivity contribution < 1.29 is 9.53 Å². The molecule has 0 saturated heterocycles. The van der Waals surface area contributed by atoms with E-state index < -0.39 is 0 Å². The van der Waals surface area contributed by atoms with Gasteiger partial charge in [-0.15, -0.1) is 0 Å². The van der Waals surface area contributed by atoms with Crippen LogP contribution in [0.5, 0.6) is 5.75 Å². The van der Waals surface area contributed by atoms with Crippen molar-refractivity contribution in [3.05, 3.63) is 134 Å². The standard InChI is InChI=1S/C30H21Cl2NO2/c1-35-23-13-11-22(12-14-23)33-29(25-4-2-3-5-26(25)30(33)34)27-17-19-16-21(32)10-15-24(19)28(27)18-6-8-20(31)9-7-18/h2-16,29H,17H2,1H3. The maximum Gasteiger partial charge on any atom is 0.259 e. The summed E-state index contributed by atoms with van der Waals surface area (Å²) in [6.45, 7) is 0. The van der Waals surface area contributed by atoms with E-state index in [2.05, 4.69) is 12.1 Å². The van der Waals surface area contributed by atoms with Crippen LogP contribution in [0.15, 0.2) is 96.6 Å². The first-order valence-corrected chi connectivity index (χ1v) is 12.1. The Bertz CT molecular complexity index is 1490. The predicted molar refractivity (Wildman–Crippen MR) is 142 cm³/mol. The van der Waals surface area contributed by atoms with Crippen LogP contribution in [0.2, 0.25) is 10.0 Å². The van der Waals surface area contributed by atoms with Gasteiger partial charge in [-0.2, -0.15) is 0 Å². The number of fused-ring (bicyclic) bond motifs is 2. The monoisotopic (exact) mass is 497 g/mol. The van der Waals surface area contributed by atoms with Crippen LogP contribution >= 0.6 is 23.2 Å². The average molecular weight is 498 g/mol. The molecule has 6 rings (SSSR count). The largest absolute Gasteiger partial charge is 0.497 e. The fourth-order valence-corrected chi connectivity index (χ4v) is 5.60. The van der Waals surface area contributed by atoms with Crippen LogP contribution in [0.3, 0.4) is 0 Å². The lowest BCUT2D eigenvalue weighted by atomic mass is 9.91. The van der Waals surface area contributed by atoms with Gasteiger partial charge < -0.3 is 4.74 Å². The third kappa shape index (κ3) is 3.63. The van der Waals surface area contributed by atoms with Crippen molar-refractivity contribution in [2.24, 2.45) is 0 Å². The summed E-state index contributed by atoms with van der Waals surface area (Å²) in [4.78, 5) is 15.7. The Morgan fingerprint density at radius 2 is 1.54 bits per heavy atom.